The van der Waals surface area contributed by atoms with E-state index in [4.69, 9.17) is 4.74 Å². The Bertz CT molecular complexity index is 474. The molecule has 1 aromatic heterocycles. The van der Waals surface area contributed by atoms with Crippen molar-refractivity contribution in [1.82, 2.24) is 9.88 Å². The van der Waals surface area contributed by atoms with Gasteiger partial charge in [0.25, 0.3) is 0 Å². The quantitative estimate of drug-likeness (QED) is 0.842. The van der Waals surface area contributed by atoms with Crippen molar-refractivity contribution in [3.63, 3.8) is 0 Å². The van der Waals surface area contributed by atoms with Crippen LogP contribution in [-0.4, -0.2) is 49.2 Å². The molecule has 1 saturated carbocycles. The van der Waals surface area contributed by atoms with Crippen LogP contribution in [0.25, 0.3) is 0 Å². The third-order valence-electron chi connectivity index (χ3n) is 5.41. The molecule has 3 aliphatic rings. The molecule has 2 saturated heterocycles. The number of nitrogens with zero attached hydrogens (tertiary/aromatic N) is 3. The van der Waals surface area contributed by atoms with Crippen molar-refractivity contribution in [3.05, 3.63) is 18.3 Å². The van der Waals surface area contributed by atoms with E-state index in [2.05, 4.69) is 14.8 Å². The van der Waals surface area contributed by atoms with E-state index in [0.717, 1.165) is 42.5 Å². The predicted molar refractivity (Wildman–Crippen MR) is 79.2 cm³/mol. The Hall–Kier alpha value is -1.29. The van der Waals surface area contributed by atoms with Crippen molar-refractivity contribution in [2.24, 2.45) is 11.8 Å². The zero-order valence-corrected chi connectivity index (χ0v) is 12.2. The van der Waals surface area contributed by atoms with Gasteiger partial charge in [-0.3, -0.25) is 4.90 Å². The van der Waals surface area contributed by atoms with Gasteiger partial charge in [0.05, 0.1) is 7.11 Å². The molecular weight excluding hydrogens is 250 g/mol. The van der Waals surface area contributed by atoms with Gasteiger partial charge in [-0.25, -0.2) is 4.98 Å². The second kappa shape index (κ2) is 4.92. The summed E-state index contributed by atoms with van der Waals surface area (Å²) in [6.07, 6.45) is 6.24. The first-order chi connectivity index (χ1) is 9.83. The Morgan fingerprint density at radius 1 is 1.15 bits per heavy atom. The van der Waals surface area contributed by atoms with Crippen LogP contribution in [0.4, 0.5) is 5.82 Å². The fourth-order valence-corrected chi connectivity index (χ4v) is 4.14. The van der Waals surface area contributed by atoms with Crippen LogP contribution in [0.2, 0.25) is 0 Å². The number of hydrogen-bond donors (Lipinski definition) is 0. The van der Waals surface area contributed by atoms with Gasteiger partial charge in [0.1, 0.15) is 11.6 Å². The van der Waals surface area contributed by atoms with Crippen LogP contribution in [0.15, 0.2) is 18.3 Å². The minimum Gasteiger partial charge on any atom is -0.497 e. The average molecular weight is 273 g/mol. The van der Waals surface area contributed by atoms with E-state index in [1.165, 1.54) is 32.4 Å². The van der Waals surface area contributed by atoms with Gasteiger partial charge in [-0.2, -0.15) is 0 Å². The molecule has 0 bridgehead atoms. The van der Waals surface area contributed by atoms with Crippen molar-refractivity contribution in [2.45, 2.75) is 25.3 Å². The molecule has 20 heavy (non-hydrogen) atoms. The van der Waals surface area contributed by atoms with Crippen molar-refractivity contribution in [2.75, 3.05) is 38.2 Å². The minimum absolute atomic E-state index is 0.744. The van der Waals surface area contributed by atoms with Crippen molar-refractivity contribution < 1.29 is 4.74 Å². The zero-order chi connectivity index (χ0) is 13.5. The molecule has 2 unspecified atom stereocenters. The number of pyridine rings is 1. The van der Waals surface area contributed by atoms with Crippen LogP contribution < -0.4 is 9.64 Å². The van der Waals surface area contributed by atoms with Crippen LogP contribution in [0, 0.1) is 11.8 Å². The highest BCUT2D eigenvalue weighted by atomic mass is 16.5. The standard InChI is InChI=1S/C16H23N3O/c1-20-15-5-6-17-16(7-15)19-10-14(11-19)18-8-12-3-2-4-13(12)9-18/h5-7,12-14H,2-4,8-11H2,1H3. The van der Waals surface area contributed by atoms with Gasteiger partial charge in [-0.05, 0) is 30.7 Å². The average Bonchev–Trinajstić information content (AvgIpc) is 2.98. The lowest BCUT2D eigenvalue weighted by molar-refractivity contribution is 0.190. The summed E-state index contributed by atoms with van der Waals surface area (Å²) in [5, 5.41) is 0. The number of ether oxygens (including phenoxy) is 1. The Morgan fingerprint density at radius 3 is 2.60 bits per heavy atom. The largest absolute Gasteiger partial charge is 0.497 e. The number of aromatic nitrogens is 1. The molecule has 0 N–H and O–H groups in total. The molecule has 108 valence electrons. The SMILES string of the molecule is COc1ccnc(N2CC(N3CC4CCCC4C3)C2)c1. The first-order valence-electron chi connectivity index (χ1n) is 7.82. The highest BCUT2D eigenvalue weighted by molar-refractivity contribution is 5.46. The maximum atomic E-state index is 5.27. The molecule has 2 aliphatic heterocycles. The van der Waals surface area contributed by atoms with Crippen molar-refractivity contribution in [1.29, 1.82) is 0 Å². The molecule has 0 spiro atoms. The second-order valence-electron chi connectivity index (χ2n) is 6.52. The molecule has 1 aromatic rings. The summed E-state index contributed by atoms with van der Waals surface area (Å²) in [5.41, 5.74) is 0. The van der Waals surface area contributed by atoms with Crippen LogP contribution in [0.1, 0.15) is 19.3 Å². The van der Waals surface area contributed by atoms with Crippen molar-refractivity contribution in [3.8, 4) is 5.75 Å². The first-order valence-corrected chi connectivity index (χ1v) is 7.82. The lowest BCUT2D eigenvalue weighted by Crippen LogP contribution is -2.59. The molecule has 3 heterocycles. The molecule has 4 heteroatoms. The maximum Gasteiger partial charge on any atom is 0.132 e. The van der Waals surface area contributed by atoms with Crippen LogP contribution in [0.3, 0.4) is 0 Å². The fraction of sp³-hybridized carbons (Fsp3) is 0.688. The summed E-state index contributed by atoms with van der Waals surface area (Å²) >= 11 is 0. The summed E-state index contributed by atoms with van der Waals surface area (Å²) < 4.78 is 5.27. The summed E-state index contributed by atoms with van der Waals surface area (Å²) in [6, 6.07) is 4.69. The summed E-state index contributed by atoms with van der Waals surface area (Å²) in [7, 11) is 1.71. The van der Waals surface area contributed by atoms with Gasteiger partial charge < -0.3 is 9.64 Å². The molecular formula is C16H23N3O. The minimum atomic E-state index is 0.744. The monoisotopic (exact) mass is 273 g/mol. The van der Waals surface area contributed by atoms with Gasteiger partial charge in [0, 0.05) is 44.5 Å². The van der Waals surface area contributed by atoms with Crippen LogP contribution in [-0.2, 0) is 0 Å². The normalized spacial score (nSPS) is 30.4. The molecule has 0 amide bonds. The van der Waals surface area contributed by atoms with Crippen LogP contribution >= 0.6 is 0 Å². The van der Waals surface area contributed by atoms with Crippen molar-refractivity contribution >= 4 is 5.82 Å². The Morgan fingerprint density at radius 2 is 1.90 bits per heavy atom. The molecule has 0 radical (unpaired) electrons. The van der Waals surface area contributed by atoms with E-state index in [-0.39, 0.29) is 0 Å². The van der Waals surface area contributed by atoms with E-state index in [9.17, 15) is 0 Å². The van der Waals surface area contributed by atoms with E-state index in [1.54, 1.807) is 7.11 Å². The summed E-state index contributed by atoms with van der Waals surface area (Å²) in [6.45, 7) is 4.93. The number of hydrogen-bond acceptors (Lipinski definition) is 4. The maximum absolute atomic E-state index is 5.27. The predicted octanol–water partition coefficient (Wildman–Crippen LogP) is 2.01. The molecule has 3 fully saturated rings. The molecule has 1 aliphatic carbocycles. The topological polar surface area (TPSA) is 28.6 Å². The lowest BCUT2D eigenvalue weighted by atomic mass is 10.0. The molecule has 4 rings (SSSR count). The third-order valence-corrected chi connectivity index (χ3v) is 5.41. The van der Waals surface area contributed by atoms with E-state index in [0.29, 0.717) is 0 Å². The number of rotatable bonds is 3. The van der Waals surface area contributed by atoms with Crippen LogP contribution in [0.5, 0.6) is 5.75 Å². The Kier molecular flexibility index (Phi) is 3.06. The Labute approximate surface area is 120 Å². The van der Waals surface area contributed by atoms with E-state index in [1.807, 2.05) is 18.3 Å². The molecule has 2 atom stereocenters. The van der Waals surface area contributed by atoms with E-state index >= 15 is 0 Å². The number of likely N-dealkylation sites (tertiary alicyclic amines) is 1. The number of methoxy groups -OCH3 is 1. The summed E-state index contributed by atoms with van der Waals surface area (Å²) in [5.74, 6) is 3.95. The molecule has 0 aromatic carbocycles. The van der Waals surface area contributed by atoms with Gasteiger partial charge in [0.2, 0.25) is 0 Å². The highest BCUT2D eigenvalue weighted by Gasteiger charge is 2.42. The smallest absolute Gasteiger partial charge is 0.132 e. The second-order valence-corrected chi connectivity index (χ2v) is 6.52. The van der Waals surface area contributed by atoms with Gasteiger partial charge in [-0.15, -0.1) is 0 Å². The van der Waals surface area contributed by atoms with Gasteiger partial charge in [-0.1, -0.05) is 6.42 Å². The first kappa shape index (κ1) is 12.5. The Balaban J connectivity index is 1.35. The zero-order valence-electron chi connectivity index (χ0n) is 12.2. The molecule has 4 nitrogen and oxygen atoms in total. The fourth-order valence-electron chi connectivity index (χ4n) is 4.14. The third kappa shape index (κ3) is 2.06. The number of fused-ring (bicyclic) bond motifs is 1. The number of anilines is 1. The highest BCUT2D eigenvalue weighted by Crippen LogP contribution is 2.39. The van der Waals surface area contributed by atoms with Gasteiger partial charge >= 0.3 is 0 Å². The van der Waals surface area contributed by atoms with Gasteiger partial charge in [0.15, 0.2) is 0 Å². The summed E-state index contributed by atoms with van der Waals surface area (Å²) in [4.78, 5) is 9.54. The van der Waals surface area contributed by atoms with E-state index < -0.39 is 0 Å². The lowest BCUT2D eigenvalue weighted by Gasteiger charge is -2.45.